The summed E-state index contributed by atoms with van der Waals surface area (Å²) in [6.07, 6.45) is 1.69. The standard InChI is InChI=1S/C33H41N3O4/c1-24-9-11-25(12-10-24)21-35-19-17-28(18-20-35)34-32(38)36(23-31(37)33(2,3)39)22-26-13-15-27(16-14-26)29-7-5-6-8-30(29)40-4/h5-16,28,39H,17-23H2,1-4H3,(H,34,38). The molecule has 0 unspecified atom stereocenters. The van der Waals surface area contributed by atoms with Crippen molar-refractivity contribution in [2.24, 2.45) is 0 Å². The molecule has 0 spiro atoms. The van der Waals surface area contributed by atoms with Crippen LogP contribution in [0.4, 0.5) is 4.79 Å². The molecule has 7 heteroatoms. The van der Waals surface area contributed by atoms with Crippen molar-refractivity contribution < 1.29 is 19.4 Å². The fraction of sp³-hybridized carbons (Fsp3) is 0.394. The van der Waals surface area contributed by atoms with Gasteiger partial charge in [-0.3, -0.25) is 9.69 Å². The van der Waals surface area contributed by atoms with Gasteiger partial charge in [0, 0.05) is 37.8 Å². The van der Waals surface area contributed by atoms with Crippen molar-refractivity contribution in [2.75, 3.05) is 26.7 Å². The van der Waals surface area contributed by atoms with E-state index >= 15 is 0 Å². The van der Waals surface area contributed by atoms with Crippen LogP contribution in [0, 0.1) is 6.92 Å². The van der Waals surface area contributed by atoms with E-state index < -0.39 is 11.4 Å². The second kappa shape index (κ2) is 13.1. The maximum atomic E-state index is 13.4. The van der Waals surface area contributed by atoms with Crippen LogP contribution in [-0.2, 0) is 17.9 Å². The molecule has 1 aliphatic heterocycles. The molecule has 0 saturated carbocycles. The lowest BCUT2D eigenvalue weighted by Crippen LogP contribution is -2.51. The average Bonchev–Trinajstić information content (AvgIpc) is 2.94. The van der Waals surface area contributed by atoms with Gasteiger partial charge in [0.25, 0.3) is 0 Å². The van der Waals surface area contributed by atoms with Gasteiger partial charge in [-0.15, -0.1) is 0 Å². The van der Waals surface area contributed by atoms with E-state index in [-0.39, 0.29) is 25.2 Å². The number of urea groups is 1. The fourth-order valence-electron chi connectivity index (χ4n) is 4.91. The lowest BCUT2D eigenvalue weighted by molar-refractivity contribution is -0.134. The Morgan fingerprint density at radius 3 is 2.23 bits per heavy atom. The van der Waals surface area contributed by atoms with Gasteiger partial charge in [0.1, 0.15) is 11.4 Å². The van der Waals surface area contributed by atoms with Gasteiger partial charge >= 0.3 is 6.03 Å². The first-order chi connectivity index (χ1) is 19.1. The number of carbonyl (C=O) groups excluding carboxylic acids is 2. The molecule has 0 radical (unpaired) electrons. The summed E-state index contributed by atoms with van der Waals surface area (Å²) in [4.78, 5) is 30.0. The lowest BCUT2D eigenvalue weighted by Gasteiger charge is -2.34. The molecule has 1 saturated heterocycles. The molecule has 1 heterocycles. The third kappa shape index (κ3) is 7.93. The van der Waals surface area contributed by atoms with Crippen LogP contribution >= 0.6 is 0 Å². The number of carbonyl (C=O) groups is 2. The summed E-state index contributed by atoms with van der Waals surface area (Å²) < 4.78 is 5.49. The number of hydrogen-bond acceptors (Lipinski definition) is 5. The van der Waals surface area contributed by atoms with E-state index in [0.29, 0.717) is 0 Å². The van der Waals surface area contributed by atoms with Crippen molar-refractivity contribution in [1.82, 2.24) is 15.1 Å². The molecule has 0 bridgehead atoms. The molecule has 4 rings (SSSR count). The normalized spacial score (nSPS) is 14.5. The molecule has 1 aliphatic rings. The van der Waals surface area contributed by atoms with Gasteiger partial charge in [-0.05, 0) is 56.4 Å². The Hall–Kier alpha value is -3.68. The molecule has 3 aromatic carbocycles. The number of aryl methyl sites for hydroxylation is 1. The van der Waals surface area contributed by atoms with Crippen LogP contribution in [0.5, 0.6) is 5.75 Å². The van der Waals surface area contributed by atoms with Crippen LogP contribution in [0.3, 0.4) is 0 Å². The summed E-state index contributed by atoms with van der Waals surface area (Å²) in [7, 11) is 1.65. The van der Waals surface area contributed by atoms with Crippen LogP contribution in [0.2, 0.25) is 0 Å². The van der Waals surface area contributed by atoms with Gasteiger partial charge in [-0.1, -0.05) is 72.3 Å². The van der Waals surface area contributed by atoms with E-state index in [4.69, 9.17) is 4.74 Å². The summed E-state index contributed by atoms with van der Waals surface area (Å²) in [6.45, 7) is 7.78. The fourth-order valence-corrected chi connectivity index (χ4v) is 4.91. The third-order valence-electron chi connectivity index (χ3n) is 7.49. The number of aliphatic hydroxyl groups is 1. The second-order valence-electron chi connectivity index (χ2n) is 11.2. The number of likely N-dealkylation sites (tertiary alicyclic amines) is 1. The molecule has 0 atom stereocenters. The summed E-state index contributed by atoms with van der Waals surface area (Å²) in [5.74, 6) is 0.387. The molecule has 7 nitrogen and oxygen atoms in total. The van der Waals surface area contributed by atoms with Gasteiger partial charge in [0.2, 0.25) is 0 Å². The molecular formula is C33H41N3O4. The monoisotopic (exact) mass is 543 g/mol. The largest absolute Gasteiger partial charge is 0.496 e. The van der Waals surface area contributed by atoms with Gasteiger partial charge in [-0.25, -0.2) is 4.79 Å². The molecule has 0 aliphatic carbocycles. The average molecular weight is 544 g/mol. The molecule has 1 fully saturated rings. The Bertz CT molecular complexity index is 1270. The highest BCUT2D eigenvalue weighted by atomic mass is 16.5. The summed E-state index contributed by atoms with van der Waals surface area (Å²) in [5.41, 5.74) is 3.91. The van der Waals surface area contributed by atoms with Crippen molar-refractivity contribution in [2.45, 2.75) is 58.3 Å². The summed E-state index contributed by atoms with van der Waals surface area (Å²) in [5, 5.41) is 13.4. The topological polar surface area (TPSA) is 82.1 Å². The number of methoxy groups -OCH3 is 1. The predicted octanol–water partition coefficient (Wildman–Crippen LogP) is 5.19. The van der Waals surface area contributed by atoms with Crippen LogP contribution in [0.1, 0.15) is 43.4 Å². The highest BCUT2D eigenvalue weighted by Crippen LogP contribution is 2.29. The van der Waals surface area contributed by atoms with Gasteiger partial charge < -0.3 is 20.1 Å². The van der Waals surface area contributed by atoms with Crippen molar-refractivity contribution in [1.29, 1.82) is 0 Å². The summed E-state index contributed by atoms with van der Waals surface area (Å²) in [6, 6.07) is 24.1. The molecular weight excluding hydrogens is 502 g/mol. The van der Waals surface area contributed by atoms with Crippen molar-refractivity contribution >= 4 is 11.8 Å². The van der Waals surface area contributed by atoms with E-state index in [2.05, 4.69) is 41.4 Å². The maximum Gasteiger partial charge on any atom is 0.318 e. The highest BCUT2D eigenvalue weighted by Gasteiger charge is 2.29. The number of nitrogens with zero attached hydrogens (tertiary/aromatic N) is 2. The SMILES string of the molecule is COc1ccccc1-c1ccc(CN(CC(=O)C(C)(C)O)C(=O)NC2CCN(Cc3ccc(C)cc3)CC2)cc1. The van der Waals surface area contributed by atoms with Crippen LogP contribution in [0.15, 0.2) is 72.8 Å². The van der Waals surface area contributed by atoms with Gasteiger partial charge in [0.05, 0.1) is 13.7 Å². The number of ketones is 1. The first-order valence-electron chi connectivity index (χ1n) is 13.9. The first kappa shape index (κ1) is 29.3. The van der Waals surface area contributed by atoms with Crippen LogP contribution < -0.4 is 10.1 Å². The minimum absolute atomic E-state index is 0.0365. The van der Waals surface area contributed by atoms with Crippen molar-refractivity contribution in [3.8, 4) is 16.9 Å². The number of piperidine rings is 1. The van der Waals surface area contributed by atoms with Crippen molar-refractivity contribution in [3.05, 3.63) is 89.5 Å². The number of Topliss-reactive ketones (excluding diaryl/α,β-unsaturated/α-hetero) is 1. The van der Waals surface area contributed by atoms with E-state index in [1.54, 1.807) is 7.11 Å². The molecule has 2 N–H and O–H groups in total. The molecule has 2 amide bonds. The Kier molecular flexibility index (Phi) is 9.61. The van der Waals surface area contributed by atoms with Gasteiger partial charge in [0.15, 0.2) is 5.78 Å². The number of nitrogens with one attached hydrogen (secondary N) is 1. The Labute approximate surface area is 237 Å². The second-order valence-corrected chi connectivity index (χ2v) is 11.2. The van der Waals surface area contributed by atoms with E-state index in [9.17, 15) is 14.7 Å². The Morgan fingerprint density at radius 1 is 0.975 bits per heavy atom. The number of benzene rings is 3. The zero-order valence-electron chi connectivity index (χ0n) is 24.0. The van der Waals surface area contributed by atoms with E-state index in [0.717, 1.165) is 54.9 Å². The summed E-state index contributed by atoms with van der Waals surface area (Å²) >= 11 is 0. The quantitative estimate of drug-likeness (QED) is 0.368. The van der Waals surface area contributed by atoms with Crippen LogP contribution in [-0.4, -0.2) is 65.1 Å². The minimum Gasteiger partial charge on any atom is -0.496 e. The highest BCUT2D eigenvalue weighted by molar-refractivity contribution is 5.91. The minimum atomic E-state index is -1.52. The van der Waals surface area contributed by atoms with Crippen molar-refractivity contribution in [3.63, 3.8) is 0 Å². The third-order valence-corrected chi connectivity index (χ3v) is 7.49. The number of rotatable bonds is 10. The van der Waals surface area contributed by atoms with Crippen LogP contribution in [0.25, 0.3) is 11.1 Å². The molecule has 0 aromatic heterocycles. The smallest absolute Gasteiger partial charge is 0.318 e. The molecule has 40 heavy (non-hydrogen) atoms. The number of amides is 2. The molecule has 3 aromatic rings. The number of hydrogen-bond donors (Lipinski definition) is 2. The number of ether oxygens (including phenoxy) is 1. The van der Waals surface area contributed by atoms with E-state index in [1.165, 1.54) is 29.9 Å². The maximum absolute atomic E-state index is 13.4. The zero-order chi connectivity index (χ0) is 28.7. The van der Waals surface area contributed by atoms with Gasteiger partial charge in [-0.2, -0.15) is 0 Å². The predicted molar refractivity (Wildman–Crippen MR) is 158 cm³/mol. The Morgan fingerprint density at radius 2 is 1.60 bits per heavy atom. The number of para-hydroxylation sites is 1. The Balaban J connectivity index is 1.39. The zero-order valence-corrected chi connectivity index (χ0v) is 24.0. The lowest BCUT2D eigenvalue weighted by atomic mass is 10.0. The first-order valence-corrected chi connectivity index (χ1v) is 13.9. The molecule has 212 valence electrons. The van der Waals surface area contributed by atoms with E-state index in [1.807, 2.05) is 48.5 Å².